The Morgan fingerprint density at radius 3 is 2.67 bits per heavy atom. The molecule has 0 aromatic carbocycles. The fourth-order valence-electron chi connectivity index (χ4n) is 0.669. The molecule has 0 aliphatic carbocycles. The van der Waals surface area contributed by atoms with Gasteiger partial charge in [-0.1, -0.05) is 13.3 Å². The third-order valence-corrected chi connectivity index (χ3v) is 1.54. The fourth-order valence-corrected chi connectivity index (χ4v) is 0.669. The number of ether oxygens (including phenoxy) is 1. The number of carbonyl (C=O) groups excluding carboxylic acids is 1. The van der Waals surface area contributed by atoms with E-state index in [2.05, 4.69) is 11.9 Å². The van der Waals surface area contributed by atoms with Crippen LogP contribution >= 0.6 is 0 Å². The highest BCUT2D eigenvalue weighted by molar-refractivity contribution is 5.97. The molecule has 0 aromatic heterocycles. The lowest BCUT2D eigenvalue weighted by atomic mass is 10.3. The predicted molar refractivity (Wildman–Crippen MR) is 49.5 cm³/mol. The lowest BCUT2D eigenvalue weighted by molar-refractivity contribution is -0.142. The molecule has 0 aliphatic rings. The molecule has 0 bridgehead atoms. The quantitative estimate of drug-likeness (QED) is 0.359. The number of nitrogens with zero attached hydrogens (tertiary/aromatic N) is 1. The van der Waals surface area contributed by atoms with Gasteiger partial charge in [-0.15, -0.1) is 0 Å². The minimum atomic E-state index is -0.174. The van der Waals surface area contributed by atoms with Gasteiger partial charge in [0.05, 0.1) is 13.0 Å². The zero-order chi connectivity index (χ0) is 9.40. The van der Waals surface area contributed by atoms with Crippen molar-refractivity contribution in [2.45, 2.75) is 33.1 Å². The third kappa shape index (κ3) is 5.89. The third-order valence-electron chi connectivity index (χ3n) is 1.54. The van der Waals surface area contributed by atoms with E-state index in [1.165, 1.54) is 0 Å². The number of hydrogen-bond acceptors (Lipinski definition) is 3. The largest absolute Gasteiger partial charge is 0.465 e. The van der Waals surface area contributed by atoms with Crippen molar-refractivity contribution in [2.75, 3.05) is 13.7 Å². The molecule has 12 heavy (non-hydrogen) atoms. The van der Waals surface area contributed by atoms with Gasteiger partial charge in [-0.05, 0) is 13.3 Å². The highest BCUT2D eigenvalue weighted by Crippen LogP contribution is 1.93. The van der Waals surface area contributed by atoms with Crippen LogP contribution in [0.25, 0.3) is 0 Å². The normalized spacial score (nSPS) is 11.4. The van der Waals surface area contributed by atoms with E-state index in [4.69, 9.17) is 4.74 Å². The first kappa shape index (κ1) is 11.1. The van der Waals surface area contributed by atoms with Crippen LogP contribution in [0.4, 0.5) is 0 Å². The number of esters is 1. The molecule has 0 spiro atoms. The Morgan fingerprint density at radius 1 is 1.50 bits per heavy atom. The molecule has 0 fully saturated rings. The topological polar surface area (TPSA) is 38.7 Å². The van der Waals surface area contributed by atoms with Gasteiger partial charge in [0, 0.05) is 12.8 Å². The van der Waals surface area contributed by atoms with Gasteiger partial charge in [-0.3, -0.25) is 9.79 Å². The highest BCUT2D eigenvalue weighted by Gasteiger charge is 2.03. The van der Waals surface area contributed by atoms with Crippen LogP contribution in [0.15, 0.2) is 4.99 Å². The van der Waals surface area contributed by atoms with Gasteiger partial charge in [0.2, 0.25) is 0 Å². The lowest BCUT2D eigenvalue weighted by Gasteiger charge is -2.02. The molecule has 0 heterocycles. The Bertz CT molecular complexity index is 164. The van der Waals surface area contributed by atoms with Crippen molar-refractivity contribution in [3.05, 3.63) is 0 Å². The maximum atomic E-state index is 11.0. The summed E-state index contributed by atoms with van der Waals surface area (Å²) in [6.07, 6.45) is 2.31. The molecule has 70 valence electrons. The van der Waals surface area contributed by atoms with Gasteiger partial charge >= 0.3 is 5.97 Å². The Balaban J connectivity index is 3.47. The molecule has 0 saturated heterocycles. The summed E-state index contributed by atoms with van der Waals surface area (Å²) >= 11 is 0. The average molecular weight is 171 g/mol. The fraction of sp³-hybridized carbons (Fsp3) is 0.778. The second kappa shape index (κ2) is 6.83. The monoisotopic (exact) mass is 171 g/mol. The summed E-state index contributed by atoms with van der Waals surface area (Å²) in [7, 11) is 1.68. The van der Waals surface area contributed by atoms with E-state index in [1.54, 1.807) is 7.05 Å². The zero-order valence-corrected chi connectivity index (χ0v) is 8.09. The van der Waals surface area contributed by atoms with Crippen LogP contribution in [0.1, 0.15) is 33.1 Å². The SMILES string of the molecule is CCCCOC(=O)CC(C)=NC. The summed E-state index contributed by atoms with van der Waals surface area (Å²) in [6.45, 7) is 4.42. The molecule has 0 rings (SSSR count). The molecule has 3 heteroatoms. The number of carbonyl (C=O) groups is 1. The van der Waals surface area contributed by atoms with E-state index in [9.17, 15) is 4.79 Å². The molecule has 0 aliphatic heterocycles. The second-order valence-electron chi connectivity index (χ2n) is 2.71. The molecule has 3 nitrogen and oxygen atoms in total. The van der Waals surface area contributed by atoms with Crippen LogP contribution in [0.5, 0.6) is 0 Å². The van der Waals surface area contributed by atoms with Gasteiger partial charge < -0.3 is 4.74 Å². The van der Waals surface area contributed by atoms with Crippen LogP contribution in [-0.4, -0.2) is 25.3 Å². The van der Waals surface area contributed by atoms with E-state index in [0.29, 0.717) is 13.0 Å². The van der Waals surface area contributed by atoms with Crippen molar-refractivity contribution in [3.8, 4) is 0 Å². The second-order valence-corrected chi connectivity index (χ2v) is 2.71. The maximum absolute atomic E-state index is 11.0. The standard InChI is InChI=1S/C9H17NO2/c1-4-5-6-12-9(11)7-8(2)10-3/h4-7H2,1-3H3. The highest BCUT2D eigenvalue weighted by atomic mass is 16.5. The van der Waals surface area contributed by atoms with Gasteiger partial charge in [0.15, 0.2) is 0 Å². The van der Waals surface area contributed by atoms with Crippen LogP contribution in [0, 0.1) is 0 Å². The lowest BCUT2D eigenvalue weighted by Crippen LogP contribution is -2.09. The van der Waals surface area contributed by atoms with Gasteiger partial charge in [0.25, 0.3) is 0 Å². The minimum Gasteiger partial charge on any atom is -0.465 e. The first-order valence-corrected chi connectivity index (χ1v) is 4.28. The summed E-state index contributed by atoms with van der Waals surface area (Å²) in [4.78, 5) is 14.9. The Labute approximate surface area is 73.8 Å². The van der Waals surface area contributed by atoms with E-state index in [0.717, 1.165) is 18.6 Å². The van der Waals surface area contributed by atoms with Crippen LogP contribution in [-0.2, 0) is 9.53 Å². The molecule has 0 unspecified atom stereocenters. The Hall–Kier alpha value is -0.860. The molecule has 0 radical (unpaired) electrons. The minimum absolute atomic E-state index is 0.174. The maximum Gasteiger partial charge on any atom is 0.311 e. The van der Waals surface area contributed by atoms with Crippen molar-refractivity contribution in [2.24, 2.45) is 4.99 Å². The summed E-state index contributed by atoms with van der Waals surface area (Å²) in [5, 5.41) is 0. The molecule has 0 saturated carbocycles. The predicted octanol–water partition coefficient (Wildman–Crippen LogP) is 1.81. The molecule has 0 amide bonds. The van der Waals surface area contributed by atoms with Crippen molar-refractivity contribution < 1.29 is 9.53 Å². The summed E-state index contributed by atoms with van der Waals surface area (Å²) in [6, 6.07) is 0. The molecule has 0 atom stereocenters. The van der Waals surface area contributed by atoms with Gasteiger partial charge in [0.1, 0.15) is 0 Å². The van der Waals surface area contributed by atoms with Crippen molar-refractivity contribution in [1.82, 2.24) is 0 Å². The Morgan fingerprint density at radius 2 is 2.17 bits per heavy atom. The van der Waals surface area contributed by atoms with E-state index in [1.807, 2.05) is 6.92 Å². The van der Waals surface area contributed by atoms with Crippen molar-refractivity contribution in [3.63, 3.8) is 0 Å². The average Bonchev–Trinajstić information content (AvgIpc) is 2.05. The molecule has 0 aromatic rings. The van der Waals surface area contributed by atoms with E-state index < -0.39 is 0 Å². The first-order valence-electron chi connectivity index (χ1n) is 4.28. The smallest absolute Gasteiger partial charge is 0.311 e. The number of aliphatic imine (C=N–C) groups is 1. The molecular formula is C9H17NO2. The first-order chi connectivity index (χ1) is 5.70. The summed E-state index contributed by atoms with van der Waals surface area (Å²) in [5.41, 5.74) is 0.816. The van der Waals surface area contributed by atoms with Gasteiger partial charge in [-0.2, -0.15) is 0 Å². The van der Waals surface area contributed by atoms with Crippen molar-refractivity contribution >= 4 is 11.7 Å². The number of rotatable bonds is 5. The molecular weight excluding hydrogens is 154 g/mol. The van der Waals surface area contributed by atoms with Crippen LogP contribution in [0.3, 0.4) is 0 Å². The van der Waals surface area contributed by atoms with Gasteiger partial charge in [-0.25, -0.2) is 0 Å². The summed E-state index contributed by atoms with van der Waals surface area (Å²) in [5.74, 6) is -0.174. The summed E-state index contributed by atoms with van der Waals surface area (Å²) < 4.78 is 4.94. The van der Waals surface area contributed by atoms with Crippen molar-refractivity contribution in [1.29, 1.82) is 0 Å². The zero-order valence-electron chi connectivity index (χ0n) is 8.09. The van der Waals surface area contributed by atoms with Crippen LogP contribution in [0.2, 0.25) is 0 Å². The number of hydrogen-bond donors (Lipinski definition) is 0. The molecule has 0 N–H and O–H groups in total. The van der Waals surface area contributed by atoms with Crippen LogP contribution < -0.4 is 0 Å². The number of unbranched alkanes of at least 4 members (excludes halogenated alkanes) is 1. The van der Waals surface area contributed by atoms with E-state index >= 15 is 0 Å². The Kier molecular flexibility index (Phi) is 6.34. The van der Waals surface area contributed by atoms with E-state index in [-0.39, 0.29) is 5.97 Å².